The lowest BCUT2D eigenvalue weighted by atomic mass is 10.0. The van der Waals surface area contributed by atoms with Crippen molar-refractivity contribution in [1.29, 1.82) is 0 Å². The third kappa shape index (κ3) is 9.06. The smallest absolute Gasteiger partial charge is 0.243 e. The van der Waals surface area contributed by atoms with Gasteiger partial charge in [-0.1, -0.05) is 36.2 Å². The highest BCUT2D eigenvalue weighted by Gasteiger charge is 2.31. The number of carbonyl (C=O) groups is 2. The van der Waals surface area contributed by atoms with Gasteiger partial charge in [0.25, 0.3) is 0 Å². The van der Waals surface area contributed by atoms with E-state index in [1.165, 1.54) is 16.3 Å². The van der Waals surface area contributed by atoms with Crippen molar-refractivity contribution in [2.24, 2.45) is 0 Å². The summed E-state index contributed by atoms with van der Waals surface area (Å²) in [5, 5.41) is 3.73. The average molecular weight is 587 g/mol. The molecule has 11 heteroatoms. The van der Waals surface area contributed by atoms with Gasteiger partial charge in [0, 0.05) is 40.7 Å². The van der Waals surface area contributed by atoms with Crippen molar-refractivity contribution in [2.45, 2.75) is 65.1 Å². The van der Waals surface area contributed by atoms with Crippen LogP contribution in [0.15, 0.2) is 42.5 Å². The molecule has 38 heavy (non-hydrogen) atoms. The van der Waals surface area contributed by atoms with Crippen molar-refractivity contribution in [3.63, 3.8) is 0 Å². The zero-order valence-electron chi connectivity index (χ0n) is 22.8. The number of ether oxygens (including phenoxy) is 1. The fourth-order valence-corrected chi connectivity index (χ4v) is 5.46. The summed E-state index contributed by atoms with van der Waals surface area (Å²) < 4.78 is 31.4. The topological polar surface area (TPSA) is 96.0 Å². The summed E-state index contributed by atoms with van der Waals surface area (Å²) in [5.41, 5.74) is 0.522. The molecule has 210 valence electrons. The Hall–Kier alpha value is -2.49. The molecule has 1 N–H and O–H groups in total. The first-order valence-corrected chi connectivity index (χ1v) is 14.9. The quantitative estimate of drug-likeness (QED) is 0.366. The van der Waals surface area contributed by atoms with Crippen molar-refractivity contribution in [1.82, 2.24) is 10.2 Å². The number of hydrogen-bond donors (Lipinski definition) is 1. The molecular formula is C27H37Cl2N3O5S. The lowest BCUT2D eigenvalue weighted by Crippen LogP contribution is -2.53. The molecule has 0 saturated carbocycles. The SMILES string of the molecule is CC[C@@H](C(=O)NC(C)(C)C)N(Cc1c(Cl)cccc1Cl)C(=O)CCCN(c1ccc(OC)cc1)S(C)(=O)=O. The van der Waals surface area contributed by atoms with Gasteiger partial charge in [0.15, 0.2) is 0 Å². The van der Waals surface area contributed by atoms with Gasteiger partial charge in [-0.3, -0.25) is 13.9 Å². The van der Waals surface area contributed by atoms with Crippen LogP contribution < -0.4 is 14.4 Å². The molecule has 8 nitrogen and oxygen atoms in total. The van der Waals surface area contributed by atoms with Gasteiger partial charge >= 0.3 is 0 Å². The molecule has 0 aromatic heterocycles. The van der Waals surface area contributed by atoms with Gasteiger partial charge in [-0.25, -0.2) is 8.42 Å². The molecule has 1 atom stereocenters. The van der Waals surface area contributed by atoms with E-state index in [0.717, 1.165) is 6.26 Å². The lowest BCUT2D eigenvalue weighted by Gasteiger charge is -2.33. The number of sulfonamides is 1. The van der Waals surface area contributed by atoms with E-state index >= 15 is 0 Å². The molecule has 0 aliphatic carbocycles. The highest BCUT2D eigenvalue weighted by Crippen LogP contribution is 2.28. The zero-order valence-corrected chi connectivity index (χ0v) is 25.1. The predicted molar refractivity (Wildman–Crippen MR) is 153 cm³/mol. The monoisotopic (exact) mass is 585 g/mol. The van der Waals surface area contributed by atoms with E-state index in [0.29, 0.717) is 33.5 Å². The van der Waals surface area contributed by atoms with Gasteiger partial charge in [0.2, 0.25) is 21.8 Å². The van der Waals surface area contributed by atoms with Crippen LogP contribution >= 0.6 is 23.2 Å². The predicted octanol–water partition coefficient (Wildman–Crippen LogP) is 5.27. The molecule has 0 spiro atoms. The Morgan fingerprint density at radius 1 is 1.05 bits per heavy atom. The fourth-order valence-electron chi connectivity index (χ4n) is 3.98. The minimum atomic E-state index is -3.60. The van der Waals surface area contributed by atoms with Gasteiger partial charge < -0.3 is 15.0 Å². The number of nitrogens with one attached hydrogen (secondary N) is 1. The van der Waals surface area contributed by atoms with Crippen LogP contribution in [0.2, 0.25) is 10.0 Å². The van der Waals surface area contributed by atoms with Gasteiger partial charge in [0.05, 0.1) is 19.1 Å². The van der Waals surface area contributed by atoms with Gasteiger partial charge in [-0.2, -0.15) is 0 Å². The van der Waals surface area contributed by atoms with E-state index in [9.17, 15) is 18.0 Å². The Morgan fingerprint density at radius 3 is 2.11 bits per heavy atom. The van der Waals surface area contributed by atoms with Crippen molar-refractivity contribution in [3.05, 3.63) is 58.1 Å². The molecule has 0 aliphatic rings. The molecule has 0 heterocycles. The summed E-state index contributed by atoms with van der Waals surface area (Å²) in [4.78, 5) is 28.2. The van der Waals surface area contributed by atoms with E-state index in [4.69, 9.17) is 27.9 Å². The van der Waals surface area contributed by atoms with Crippen LogP contribution in [0.5, 0.6) is 5.75 Å². The normalized spacial score (nSPS) is 12.5. The number of methoxy groups -OCH3 is 1. The first-order valence-electron chi connectivity index (χ1n) is 12.3. The van der Waals surface area contributed by atoms with Crippen LogP contribution in [0.4, 0.5) is 5.69 Å². The van der Waals surface area contributed by atoms with Crippen LogP contribution in [0.25, 0.3) is 0 Å². The Kier molecular flexibility index (Phi) is 11.3. The van der Waals surface area contributed by atoms with Crippen LogP contribution in [0, 0.1) is 0 Å². The first kappa shape index (κ1) is 31.7. The Labute approximate surface area is 236 Å². The number of benzene rings is 2. The van der Waals surface area contributed by atoms with Crippen molar-refractivity contribution in [2.75, 3.05) is 24.2 Å². The third-order valence-corrected chi connectivity index (χ3v) is 7.69. The number of hydrogen-bond acceptors (Lipinski definition) is 5. The van der Waals surface area contributed by atoms with Gasteiger partial charge in [-0.15, -0.1) is 0 Å². The van der Waals surface area contributed by atoms with Gasteiger partial charge in [0.1, 0.15) is 11.8 Å². The van der Waals surface area contributed by atoms with E-state index in [1.54, 1.807) is 42.5 Å². The van der Waals surface area contributed by atoms with Crippen LogP contribution in [0.1, 0.15) is 52.5 Å². The highest BCUT2D eigenvalue weighted by molar-refractivity contribution is 7.92. The maximum Gasteiger partial charge on any atom is 0.243 e. The second-order valence-electron chi connectivity index (χ2n) is 10.0. The standard InChI is InChI=1S/C27H37Cl2N3O5S/c1-7-24(26(34)30-27(2,3)4)31(18-21-22(28)10-8-11-23(21)29)25(33)12-9-17-32(38(6,35)36)19-13-15-20(37-5)16-14-19/h8,10-11,13-16,24H,7,9,12,17-18H2,1-6H3,(H,30,34)/t24-/m0/s1. The maximum absolute atomic E-state index is 13.6. The van der Waals surface area contributed by atoms with E-state index in [-0.39, 0.29) is 37.7 Å². The molecule has 2 rings (SSSR count). The lowest BCUT2D eigenvalue weighted by molar-refractivity contribution is -0.142. The second-order valence-corrected chi connectivity index (χ2v) is 12.7. The van der Waals surface area contributed by atoms with Crippen LogP contribution in [-0.2, 0) is 26.2 Å². The number of carbonyl (C=O) groups excluding carboxylic acids is 2. The largest absolute Gasteiger partial charge is 0.497 e. The molecule has 0 fully saturated rings. The van der Waals surface area contributed by atoms with Crippen LogP contribution in [0.3, 0.4) is 0 Å². The Morgan fingerprint density at radius 2 is 1.63 bits per heavy atom. The summed E-state index contributed by atoms with van der Waals surface area (Å²) in [5.74, 6) is 0.0120. The fraction of sp³-hybridized carbons (Fsp3) is 0.481. The number of amides is 2. The molecule has 0 radical (unpaired) electrons. The molecule has 2 amide bonds. The Bertz CT molecular complexity index is 1190. The molecular weight excluding hydrogens is 549 g/mol. The second kappa shape index (κ2) is 13.5. The number of halogens is 2. The van der Waals surface area contributed by atoms with Crippen molar-refractivity contribution < 1.29 is 22.7 Å². The number of anilines is 1. The first-order chi connectivity index (χ1) is 17.7. The number of rotatable bonds is 12. The van der Waals surface area contributed by atoms with Crippen molar-refractivity contribution in [3.8, 4) is 5.75 Å². The summed E-state index contributed by atoms with van der Waals surface area (Å²) in [6.07, 6.45) is 1.75. The summed E-state index contributed by atoms with van der Waals surface area (Å²) in [6, 6.07) is 11.0. The summed E-state index contributed by atoms with van der Waals surface area (Å²) in [6.45, 7) is 7.57. The van der Waals surface area contributed by atoms with E-state index in [1.807, 2.05) is 27.7 Å². The minimum Gasteiger partial charge on any atom is -0.497 e. The molecule has 0 aliphatic heterocycles. The van der Waals surface area contributed by atoms with Crippen LogP contribution in [-0.4, -0.2) is 56.6 Å². The highest BCUT2D eigenvalue weighted by atomic mass is 35.5. The van der Waals surface area contributed by atoms with E-state index in [2.05, 4.69) is 5.32 Å². The summed E-state index contributed by atoms with van der Waals surface area (Å²) in [7, 11) is -2.07. The molecule has 2 aromatic carbocycles. The average Bonchev–Trinajstić information content (AvgIpc) is 2.81. The number of nitrogens with zero attached hydrogens (tertiary/aromatic N) is 2. The minimum absolute atomic E-state index is 0.0174. The zero-order chi connectivity index (χ0) is 28.7. The third-order valence-electron chi connectivity index (χ3n) is 5.79. The molecule has 2 aromatic rings. The Balaban J connectivity index is 2.29. The van der Waals surface area contributed by atoms with Crippen molar-refractivity contribution >= 4 is 50.7 Å². The molecule has 0 saturated heterocycles. The van der Waals surface area contributed by atoms with E-state index < -0.39 is 21.6 Å². The maximum atomic E-state index is 13.6. The molecule has 0 unspecified atom stereocenters. The van der Waals surface area contributed by atoms with Gasteiger partial charge in [-0.05, 0) is 70.0 Å². The molecule has 0 bridgehead atoms. The summed E-state index contributed by atoms with van der Waals surface area (Å²) >= 11 is 12.8.